The van der Waals surface area contributed by atoms with Crippen molar-refractivity contribution < 1.29 is 9.47 Å². The Morgan fingerprint density at radius 2 is 2.43 bits per heavy atom. The molecule has 2 atom stereocenters. The molecule has 5 nitrogen and oxygen atoms in total. The number of hydrogen-bond acceptors (Lipinski definition) is 3. The molecule has 1 saturated heterocycles. The number of rotatable bonds is 5. The average molecular weight is 199 g/mol. The summed E-state index contributed by atoms with van der Waals surface area (Å²) in [5.74, 6) is 0. The molecule has 0 radical (unpaired) electrons. The van der Waals surface area contributed by atoms with Gasteiger partial charge in [0.05, 0.1) is 32.0 Å². The molecule has 14 heavy (non-hydrogen) atoms. The summed E-state index contributed by atoms with van der Waals surface area (Å²) in [6, 6.07) is -0.0692. The summed E-state index contributed by atoms with van der Waals surface area (Å²) >= 11 is 0. The van der Waals surface area contributed by atoms with Gasteiger partial charge in [-0.1, -0.05) is 24.9 Å². The van der Waals surface area contributed by atoms with Gasteiger partial charge in [0.25, 0.3) is 0 Å². The summed E-state index contributed by atoms with van der Waals surface area (Å²) in [7, 11) is 0. The summed E-state index contributed by atoms with van der Waals surface area (Å²) in [5, 5.41) is 3.76. The summed E-state index contributed by atoms with van der Waals surface area (Å²) < 4.78 is 10.8. The Hall–Kier alpha value is -0.770. The molecule has 0 bridgehead atoms. The average Bonchev–Trinajstić information content (AvgIpc) is 2.25. The molecule has 5 heteroatoms. The Morgan fingerprint density at radius 1 is 1.57 bits per heavy atom. The molecule has 1 rings (SSSR count). The van der Waals surface area contributed by atoms with Crippen LogP contribution in [0.2, 0.25) is 0 Å². The van der Waals surface area contributed by atoms with Crippen molar-refractivity contribution in [1.82, 2.24) is 0 Å². The lowest BCUT2D eigenvalue weighted by molar-refractivity contribution is -0.0976. The first kappa shape index (κ1) is 11.3. The summed E-state index contributed by atoms with van der Waals surface area (Å²) in [4.78, 5) is 2.85. The zero-order valence-electron chi connectivity index (χ0n) is 8.56. The smallest absolute Gasteiger partial charge is 0.0894 e. The Balaban J connectivity index is 2.42. The van der Waals surface area contributed by atoms with Gasteiger partial charge in [0, 0.05) is 4.91 Å². The summed E-state index contributed by atoms with van der Waals surface area (Å²) in [5.41, 5.74) is 8.43. The zero-order valence-corrected chi connectivity index (χ0v) is 8.56. The fraction of sp³-hybridized carbons (Fsp3) is 1.00. The molecule has 1 fully saturated rings. The Bertz CT molecular complexity index is 198. The van der Waals surface area contributed by atoms with Crippen molar-refractivity contribution >= 4 is 0 Å². The molecular weight excluding hydrogens is 182 g/mol. The van der Waals surface area contributed by atoms with E-state index >= 15 is 0 Å². The third-order valence-electron chi connectivity index (χ3n) is 2.32. The van der Waals surface area contributed by atoms with Gasteiger partial charge in [-0.2, -0.15) is 0 Å². The van der Waals surface area contributed by atoms with Crippen LogP contribution in [0.15, 0.2) is 5.11 Å². The first-order chi connectivity index (χ1) is 6.88. The normalized spacial score (nSPS) is 23.9. The van der Waals surface area contributed by atoms with Crippen molar-refractivity contribution in [3.63, 3.8) is 0 Å². The van der Waals surface area contributed by atoms with Gasteiger partial charge in [-0.3, -0.25) is 0 Å². The maximum absolute atomic E-state index is 8.43. The van der Waals surface area contributed by atoms with Crippen molar-refractivity contribution in [3.8, 4) is 0 Å². The minimum Gasteiger partial charge on any atom is -0.376 e. The fourth-order valence-electron chi connectivity index (χ4n) is 1.53. The monoisotopic (exact) mass is 199 g/mol. The van der Waals surface area contributed by atoms with Gasteiger partial charge in [-0.05, 0) is 12.0 Å². The molecule has 0 aromatic carbocycles. The third-order valence-corrected chi connectivity index (χ3v) is 2.32. The lowest BCUT2D eigenvalue weighted by Gasteiger charge is -2.27. The molecule has 0 spiro atoms. The van der Waals surface area contributed by atoms with Crippen LogP contribution in [0, 0.1) is 0 Å². The highest BCUT2D eigenvalue weighted by molar-refractivity contribution is 4.78. The van der Waals surface area contributed by atoms with E-state index in [0.717, 1.165) is 19.3 Å². The van der Waals surface area contributed by atoms with Crippen molar-refractivity contribution in [1.29, 1.82) is 0 Å². The molecule has 0 N–H and O–H groups in total. The van der Waals surface area contributed by atoms with Gasteiger partial charge in [-0.15, -0.1) is 0 Å². The molecule has 0 aromatic rings. The first-order valence-electron chi connectivity index (χ1n) is 5.12. The van der Waals surface area contributed by atoms with Crippen LogP contribution < -0.4 is 0 Å². The van der Waals surface area contributed by atoms with Gasteiger partial charge < -0.3 is 9.47 Å². The van der Waals surface area contributed by atoms with Crippen LogP contribution in [0.25, 0.3) is 10.4 Å². The highest BCUT2D eigenvalue weighted by atomic mass is 16.6. The van der Waals surface area contributed by atoms with E-state index < -0.39 is 0 Å². The van der Waals surface area contributed by atoms with Crippen LogP contribution in [0.1, 0.15) is 26.2 Å². The second-order valence-electron chi connectivity index (χ2n) is 3.40. The maximum atomic E-state index is 8.43. The van der Waals surface area contributed by atoms with Crippen LogP contribution >= 0.6 is 0 Å². The molecule has 1 heterocycles. The molecule has 0 amide bonds. The molecule has 1 aliphatic heterocycles. The van der Waals surface area contributed by atoms with E-state index in [4.69, 9.17) is 15.0 Å². The summed E-state index contributed by atoms with van der Waals surface area (Å²) in [6.07, 6.45) is 2.99. The minimum atomic E-state index is -0.0692. The Kier molecular flexibility index (Phi) is 5.37. The number of ether oxygens (including phenoxy) is 2. The second-order valence-corrected chi connectivity index (χ2v) is 3.40. The van der Waals surface area contributed by atoms with E-state index in [9.17, 15) is 0 Å². The standard InChI is InChI=1S/C9H17N3O2/c1-2-3-4-8(11-12-10)9-7-13-5-6-14-9/h8-9H,2-7H2,1H3. The first-order valence-corrected chi connectivity index (χ1v) is 5.12. The number of azide groups is 1. The van der Waals surface area contributed by atoms with E-state index in [1.54, 1.807) is 0 Å². The van der Waals surface area contributed by atoms with Crippen LogP contribution in [0.4, 0.5) is 0 Å². The molecule has 0 aromatic heterocycles. The Morgan fingerprint density at radius 3 is 3.00 bits per heavy atom. The van der Waals surface area contributed by atoms with Crippen molar-refractivity contribution in [2.45, 2.75) is 38.3 Å². The van der Waals surface area contributed by atoms with Gasteiger partial charge in [0.15, 0.2) is 0 Å². The van der Waals surface area contributed by atoms with Crippen LogP contribution in [0.5, 0.6) is 0 Å². The predicted molar refractivity (Wildman–Crippen MR) is 53.0 cm³/mol. The van der Waals surface area contributed by atoms with Crippen LogP contribution in [-0.2, 0) is 9.47 Å². The highest BCUT2D eigenvalue weighted by Gasteiger charge is 2.23. The molecule has 0 saturated carbocycles. The molecule has 2 unspecified atom stereocenters. The third kappa shape index (κ3) is 3.54. The van der Waals surface area contributed by atoms with E-state index in [0.29, 0.717) is 19.8 Å². The van der Waals surface area contributed by atoms with E-state index in [-0.39, 0.29) is 12.1 Å². The topological polar surface area (TPSA) is 67.2 Å². The number of unbranched alkanes of at least 4 members (excludes halogenated alkanes) is 1. The SMILES string of the molecule is CCCCC(N=[N+]=[N-])C1COCCO1. The number of hydrogen-bond donors (Lipinski definition) is 0. The maximum Gasteiger partial charge on any atom is 0.0894 e. The van der Waals surface area contributed by atoms with E-state index in [2.05, 4.69) is 16.9 Å². The van der Waals surface area contributed by atoms with Crippen LogP contribution in [-0.4, -0.2) is 32.0 Å². The van der Waals surface area contributed by atoms with Crippen LogP contribution in [0.3, 0.4) is 0 Å². The quantitative estimate of drug-likeness (QED) is 0.387. The highest BCUT2D eigenvalue weighted by Crippen LogP contribution is 2.15. The molecule has 0 aliphatic carbocycles. The van der Waals surface area contributed by atoms with Crippen molar-refractivity contribution in [3.05, 3.63) is 10.4 Å². The van der Waals surface area contributed by atoms with Gasteiger partial charge in [0.1, 0.15) is 0 Å². The van der Waals surface area contributed by atoms with Gasteiger partial charge >= 0.3 is 0 Å². The fourth-order valence-corrected chi connectivity index (χ4v) is 1.53. The summed E-state index contributed by atoms with van der Waals surface area (Å²) in [6.45, 7) is 3.92. The zero-order chi connectivity index (χ0) is 10.2. The number of nitrogens with zero attached hydrogens (tertiary/aromatic N) is 3. The molecule has 1 aliphatic rings. The molecule has 80 valence electrons. The van der Waals surface area contributed by atoms with E-state index in [1.165, 1.54) is 0 Å². The molecular formula is C9H17N3O2. The lowest BCUT2D eigenvalue weighted by atomic mass is 10.1. The lowest BCUT2D eigenvalue weighted by Crippen LogP contribution is -2.37. The predicted octanol–water partition coefficient (Wildman–Crippen LogP) is 2.27. The van der Waals surface area contributed by atoms with E-state index in [1.807, 2.05) is 0 Å². The van der Waals surface area contributed by atoms with Gasteiger partial charge in [0.2, 0.25) is 0 Å². The van der Waals surface area contributed by atoms with Crippen molar-refractivity contribution in [2.24, 2.45) is 5.11 Å². The minimum absolute atomic E-state index is 0.0498. The largest absolute Gasteiger partial charge is 0.376 e. The Labute approximate surface area is 84.0 Å². The van der Waals surface area contributed by atoms with Crippen molar-refractivity contribution in [2.75, 3.05) is 19.8 Å². The van der Waals surface area contributed by atoms with Gasteiger partial charge in [-0.25, -0.2) is 0 Å². The second kappa shape index (κ2) is 6.65.